The number of nitrogens with one attached hydrogen (secondary N) is 2. The lowest BCUT2D eigenvalue weighted by molar-refractivity contribution is 0.275. The van der Waals surface area contributed by atoms with E-state index < -0.39 is 10.0 Å². The van der Waals surface area contributed by atoms with E-state index in [-0.39, 0.29) is 29.8 Å². The number of aliphatic imine (C=N–C) groups is 1. The maximum atomic E-state index is 13.3. The monoisotopic (exact) mass is 512 g/mol. The first-order valence-electron chi connectivity index (χ1n) is 9.02. The van der Waals surface area contributed by atoms with Crippen LogP contribution < -0.4 is 10.6 Å². The number of nitrogens with zero attached hydrogens (tertiary/aromatic N) is 2. The Labute approximate surface area is 179 Å². The average molecular weight is 512 g/mol. The van der Waals surface area contributed by atoms with Crippen molar-refractivity contribution in [2.45, 2.75) is 33.2 Å². The zero-order valence-electron chi connectivity index (χ0n) is 16.2. The minimum Gasteiger partial charge on any atom is -0.357 e. The van der Waals surface area contributed by atoms with Crippen molar-refractivity contribution in [3.8, 4) is 0 Å². The van der Waals surface area contributed by atoms with E-state index in [0.29, 0.717) is 31.1 Å². The molecule has 0 aromatic heterocycles. The fourth-order valence-corrected chi connectivity index (χ4v) is 3.88. The Morgan fingerprint density at radius 3 is 2.52 bits per heavy atom. The molecule has 0 radical (unpaired) electrons. The van der Waals surface area contributed by atoms with E-state index in [0.717, 1.165) is 37.5 Å². The van der Waals surface area contributed by atoms with E-state index in [1.54, 1.807) is 17.3 Å². The number of rotatable bonds is 6. The highest BCUT2D eigenvalue weighted by atomic mass is 127. The summed E-state index contributed by atoms with van der Waals surface area (Å²) >= 11 is 0. The molecular weight excluding hydrogens is 482 g/mol. The second kappa shape index (κ2) is 11.2. The maximum Gasteiger partial charge on any atom is 0.211 e. The molecule has 2 N–H and O–H groups in total. The highest BCUT2D eigenvalue weighted by Gasteiger charge is 2.24. The summed E-state index contributed by atoms with van der Waals surface area (Å²) in [5.41, 5.74) is 1.58. The van der Waals surface area contributed by atoms with Crippen molar-refractivity contribution in [2.24, 2.45) is 10.9 Å². The lowest BCUT2D eigenvalue weighted by atomic mass is 9.98. The van der Waals surface area contributed by atoms with Crippen LogP contribution in [0, 0.1) is 18.7 Å². The Balaban J connectivity index is 0.00000364. The minimum atomic E-state index is -3.08. The van der Waals surface area contributed by atoms with Crippen LogP contribution in [0.4, 0.5) is 4.39 Å². The van der Waals surface area contributed by atoms with Gasteiger partial charge in [0, 0.05) is 26.2 Å². The van der Waals surface area contributed by atoms with Crippen LogP contribution in [0.5, 0.6) is 0 Å². The second-order valence-electron chi connectivity index (χ2n) is 6.77. The second-order valence-corrected chi connectivity index (χ2v) is 8.75. The summed E-state index contributed by atoms with van der Waals surface area (Å²) in [4.78, 5) is 4.56. The Kier molecular flexibility index (Phi) is 9.96. The Hall–Kier alpha value is -0.940. The average Bonchev–Trinajstić information content (AvgIpc) is 2.60. The summed E-state index contributed by atoms with van der Waals surface area (Å²) in [6.45, 7) is 6.88. The van der Waals surface area contributed by atoms with Crippen LogP contribution in [-0.4, -0.2) is 51.1 Å². The molecule has 1 aliphatic rings. The molecule has 0 unspecified atom stereocenters. The number of piperidine rings is 1. The zero-order valence-corrected chi connectivity index (χ0v) is 19.3. The summed E-state index contributed by atoms with van der Waals surface area (Å²) in [5, 5.41) is 6.55. The Bertz CT molecular complexity index is 735. The van der Waals surface area contributed by atoms with Crippen molar-refractivity contribution in [3.63, 3.8) is 0 Å². The van der Waals surface area contributed by atoms with Crippen LogP contribution in [0.15, 0.2) is 23.2 Å². The van der Waals surface area contributed by atoms with Gasteiger partial charge in [0.05, 0.1) is 12.8 Å². The molecule has 1 fully saturated rings. The summed E-state index contributed by atoms with van der Waals surface area (Å²) in [6.07, 6.45) is 2.95. The number of benzene rings is 1. The largest absolute Gasteiger partial charge is 0.357 e. The molecular formula is C18H30FIN4O2S. The summed E-state index contributed by atoms with van der Waals surface area (Å²) in [6, 6.07) is 5.02. The normalized spacial score (nSPS) is 16.7. The topological polar surface area (TPSA) is 73.8 Å². The van der Waals surface area contributed by atoms with Crippen LogP contribution in [-0.2, 0) is 16.6 Å². The van der Waals surface area contributed by atoms with Gasteiger partial charge in [-0.2, -0.15) is 0 Å². The molecule has 0 saturated carbocycles. The summed E-state index contributed by atoms with van der Waals surface area (Å²) in [7, 11) is -3.08. The van der Waals surface area contributed by atoms with Crippen LogP contribution in [0.1, 0.15) is 30.9 Å². The van der Waals surface area contributed by atoms with Crippen molar-refractivity contribution in [3.05, 3.63) is 35.1 Å². The smallest absolute Gasteiger partial charge is 0.211 e. The quantitative estimate of drug-likeness (QED) is 0.349. The minimum absolute atomic E-state index is 0. The molecule has 0 bridgehead atoms. The van der Waals surface area contributed by atoms with Gasteiger partial charge in [-0.15, -0.1) is 24.0 Å². The predicted molar refractivity (Wildman–Crippen MR) is 119 cm³/mol. The molecule has 27 heavy (non-hydrogen) atoms. The highest BCUT2D eigenvalue weighted by Crippen LogP contribution is 2.18. The van der Waals surface area contributed by atoms with Crippen LogP contribution in [0.25, 0.3) is 0 Å². The van der Waals surface area contributed by atoms with Gasteiger partial charge in [-0.1, -0.05) is 12.1 Å². The predicted octanol–water partition coefficient (Wildman–Crippen LogP) is 2.48. The van der Waals surface area contributed by atoms with E-state index in [9.17, 15) is 12.8 Å². The third-order valence-corrected chi connectivity index (χ3v) is 5.89. The Morgan fingerprint density at radius 1 is 1.30 bits per heavy atom. The van der Waals surface area contributed by atoms with E-state index in [1.165, 1.54) is 12.3 Å². The van der Waals surface area contributed by atoms with Crippen LogP contribution in [0.2, 0.25) is 0 Å². The summed E-state index contributed by atoms with van der Waals surface area (Å²) in [5.74, 6) is 0.938. The van der Waals surface area contributed by atoms with Crippen molar-refractivity contribution < 1.29 is 12.8 Å². The lowest BCUT2D eigenvalue weighted by Gasteiger charge is -2.30. The van der Waals surface area contributed by atoms with E-state index in [1.807, 2.05) is 13.0 Å². The molecule has 2 rings (SSSR count). The van der Waals surface area contributed by atoms with Gasteiger partial charge in [0.2, 0.25) is 10.0 Å². The first-order chi connectivity index (χ1) is 12.3. The van der Waals surface area contributed by atoms with E-state index >= 15 is 0 Å². The van der Waals surface area contributed by atoms with Crippen molar-refractivity contribution in [1.29, 1.82) is 0 Å². The molecule has 154 valence electrons. The fourth-order valence-electron chi connectivity index (χ4n) is 3.00. The molecule has 0 aliphatic carbocycles. The number of hydrogen-bond acceptors (Lipinski definition) is 3. The van der Waals surface area contributed by atoms with Gasteiger partial charge in [-0.25, -0.2) is 22.1 Å². The van der Waals surface area contributed by atoms with Gasteiger partial charge >= 0.3 is 0 Å². The number of sulfonamides is 1. The van der Waals surface area contributed by atoms with Gasteiger partial charge in [-0.3, -0.25) is 0 Å². The summed E-state index contributed by atoms with van der Waals surface area (Å²) < 4.78 is 38.0. The first kappa shape index (κ1) is 24.1. The van der Waals surface area contributed by atoms with E-state index in [4.69, 9.17) is 0 Å². The number of guanidine groups is 1. The third kappa shape index (κ3) is 7.90. The molecule has 1 aromatic carbocycles. The fraction of sp³-hybridized carbons (Fsp3) is 0.611. The zero-order chi connectivity index (χ0) is 19.2. The van der Waals surface area contributed by atoms with Gasteiger partial charge in [0.1, 0.15) is 5.82 Å². The molecule has 0 atom stereocenters. The van der Waals surface area contributed by atoms with Gasteiger partial charge in [0.25, 0.3) is 0 Å². The van der Waals surface area contributed by atoms with Gasteiger partial charge in [0.15, 0.2) is 5.96 Å². The van der Waals surface area contributed by atoms with Crippen LogP contribution in [0.3, 0.4) is 0 Å². The SMILES string of the molecule is CCNC(=NCc1ccc(F)c(C)c1)NCC1CCN(S(C)(=O)=O)CC1.I. The van der Waals surface area contributed by atoms with Crippen LogP contribution >= 0.6 is 24.0 Å². The molecule has 9 heteroatoms. The molecule has 0 amide bonds. The van der Waals surface area contributed by atoms with E-state index in [2.05, 4.69) is 15.6 Å². The molecule has 1 heterocycles. The first-order valence-corrected chi connectivity index (χ1v) is 10.9. The standard InChI is InChI=1S/C18H29FN4O2S.HI/c1-4-20-18(22-13-16-5-6-17(19)14(2)11-16)21-12-15-7-9-23(10-8-15)26(3,24)25;/h5-6,11,15H,4,7-10,12-13H2,1-3H3,(H2,20,21,22);1H. The maximum absolute atomic E-state index is 13.3. The lowest BCUT2D eigenvalue weighted by Crippen LogP contribution is -2.44. The van der Waals surface area contributed by atoms with Gasteiger partial charge in [-0.05, 0) is 49.8 Å². The van der Waals surface area contributed by atoms with Gasteiger partial charge < -0.3 is 10.6 Å². The molecule has 0 spiro atoms. The Morgan fingerprint density at radius 2 is 1.96 bits per heavy atom. The van der Waals surface area contributed by atoms with Crippen molar-refractivity contribution in [1.82, 2.24) is 14.9 Å². The third-order valence-electron chi connectivity index (χ3n) is 4.59. The number of hydrogen-bond donors (Lipinski definition) is 2. The number of halogens is 2. The molecule has 1 aliphatic heterocycles. The number of aryl methyl sites for hydroxylation is 1. The molecule has 1 aromatic rings. The molecule has 6 nitrogen and oxygen atoms in total. The van der Waals surface area contributed by atoms with Crippen molar-refractivity contribution >= 4 is 40.0 Å². The van der Waals surface area contributed by atoms with Crippen molar-refractivity contribution in [2.75, 3.05) is 32.4 Å². The highest BCUT2D eigenvalue weighted by molar-refractivity contribution is 14.0. The molecule has 1 saturated heterocycles.